The highest BCUT2D eigenvalue weighted by Crippen LogP contribution is 2.36. The second kappa shape index (κ2) is 4.90. The number of carbonyl (C=O) groups excluding carboxylic acids is 2. The highest BCUT2D eigenvalue weighted by molar-refractivity contribution is 6.25. The number of allylic oxidation sites excluding steroid dienone is 4. The Morgan fingerprint density at radius 1 is 0.760 bits per heavy atom. The summed E-state index contributed by atoms with van der Waals surface area (Å²) in [7, 11) is 1.54. The van der Waals surface area contributed by atoms with Crippen molar-refractivity contribution >= 4 is 34.7 Å². The molecule has 1 aliphatic heterocycles. The zero-order valence-corrected chi connectivity index (χ0v) is 13.7. The van der Waals surface area contributed by atoms with Crippen molar-refractivity contribution in [3.63, 3.8) is 0 Å². The van der Waals surface area contributed by atoms with E-state index in [9.17, 15) is 9.59 Å². The van der Waals surface area contributed by atoms with Crippen LogP contribution in [0.4, 0.5) is 0 Å². The lowest BCUT2D eigenvalue weighted by atomic mass is 9.98. The molecule has 1 heterocycles. The number of rotatable bonds is 0. The van der Waals surface area contributed by atoms with Gasteiger partial charge in [-0.15, -0.1) is 0 Å². The summed E-state index contributed by atoms with van der Waals surface area (Å²) in [6, 6.07) is 12.7. The van der Waals surface area contributed by atoms with Gasteiger partial charge in [0, 0.05) is 7.05 Å². The molecule has 2 aromatic carbocycles. The molecule has 25 heavy (non-hydrogen) atoms. The van der Waals surface area contributed by atoms with Crippen LogP contribution in [0.1, 0.15) is 17.5 Å². The van der Waals surface area contributed by atoms with Gasteiger partial charge in [-0.3, -0.25) is 14.5 Å². The number of nitrogens with zero attached hydrogens (tertiary/aromatic N) is 1. The van der Waals surface area contributed by atoms with Gasteiger partial charge in [0.25, 0.3) is 11.8 Å². The zero-order chi connectivity index (χ0) is 17.1. The lowest BCUT2D eigenvalue weighted by molar-refractivity contribution is -0.134. The van der Waals surface area contributed by atoms with Crippen LogP contribution in [0.15, 0.2) is 70.8 Å². The van der Waals surface area contributed by atoms with E-state index in [1.54, 1.807) is 0 Å². The van der Waals surface area contributed by atoms with Crippen molar-refractivity contribution < 1.29 is 9.59 Å². The predicted octanol–water partition coefficient (Wildman–Crippen LogP) is 3.88. The van der Waals surface area contributed by atoms with Crippen molar-refractivity contribution in [3.8, 4) is 0 Å². The van der Waals surface area contributed by atoms with Gasteiger partial charge in [0.05, 0.1) is 11.1 Å². The summed E-state index contributed by atoms with van der Waals surface area (Å²) in [4.78, 5) is 25.9. The molecule has 2 aromatic rings. The van der Waals surface area contributed by atoms with Crippen LogP contribution in [-0.4, -0.2) is 23.8 Å². The van der Waals surface area contributed by atoms with Crippen molar-refractivity contribution in [3.05, 3.63) is 82.0 Å². The minimum Gasteiger partial charge on any atom is -0.277 e. The van der Waals surface area contributed by atoms with E-state index in [0.717, 1.165) is 28.7 Å². The minimum atomic E-state index is -0.220. The first-order valence-corrected chi connectivity index (χ1v) is 8.30. The van der Waals surface area contributed by atoms with Gasteiger partial charge < -0.3 is 0 Å². The fraction of sp³-hybridized carbons (Fsp3) is 0.0909. The Bertz CT molecular complexity index is 1030. The van der Waals surface area contributed by atoms with Gasteiger partial charge >= 0.3 is 0 Å². The molecular formula is C22H15NO2. The molecule has 1 fully saturated rings. The smallest absolute Gasteiger partial charge is 0.261 e. The third-order valence-electron chi connectivity index (χ3n) is 5.06. The first-order chi connectivity index (χ1) is 12.1. The number of imide groups is 1. The average molecular weight is 325 g/mol. The van der Waals surface area contributed by atoms with Crippen LogP contribution >= 0.6 is 0 Å². The third-order valence-corrected chi connectivity index (χ3v) is 5.06. The second-order valence-electron chi connectivity index (χ2n) is 6.73. The average Bonchev–Trinajstić information content (AvgIpc) is 2.81. The van der Waals surface area contributed by atoms with Gasteiger partial charge in [0.2, 0.25) is 0 Å². The van der Waals surface area contributed by atoms with Crippen LogP contribution in [0.3, 0.4) is 0 Å². The molecule has 5 rings (SSSR count). The van der Waals surface area contributed by atoms with Crippen molar-refractivity contribution in [2.45, 2.75) is 6.42 Å². The van der Waals surface area contributed by atoms with Crippen molar-refractivity contribution in [2.75, 3.05) is 7.05 Å². The van der Waals surface area contributed by atoms with Crippen LogP contribution in [-0.2, 0) is 9.59 Å². The molecule has 2 bridgehead atoms. The summed E-state index contributed by atoms with van der Waals surface area (Å²) in [6.45, 7) is 0. The van der Waals surface area contributed by atoms with E-state index in [1.165, 1.54) is 22.7 Å². The molecule has 0 unspecified atom stereocenters. The normalized spacial score (nSPS) is 18.7. The highest BCUT2D eigenvalue weighted by Gasteiger charge is 2.37. The molecular weight excluding hydrogens is 310 g/mol. The Hall–Kier alpha value is -3.20. The maximum atomic E-state index is 12.3. The predicted molar refractivity (Wildman–Crippen MR) is 98.5 cm³/mol. The molecule has 0 aromatic heterocycles. The number of carbonyl (C=O) groups is 2. The number of hydrogen-bond acceptors (Lipinski definition) is 2. The van der Waals surface area contributed by atoms with E-state index in [4.69, 9.17) is 0 Å². The largest absolute Gasteiger partial charge is 0.277 e. The van der Waals surface area contributed by atoms with Crippen molar-refractivity contribution in [1.29, 1.82) is 0 Å². The number of amides is 2. The van der Waals surface area contributed by atoms with E-state index < -0.39 is 0 Å². The van der Waals surface area contributed by atoms with Gasteiger partial charge in [0.1, 0.15) is 0 Å². The summed E-state index contributed by atoms with van der Waals surface area (Å²) in [5.74, 6) is -0.439. The fourth-order valence-corrected chi connectivity index (χ4v) is 3.78. The molecule has 0 saturated carbocycles. The summed E-state index contributed by atoms with van der Waals surface area (Å²) in [6.07, 6.45) is 8.74. The Kier molecular flexibility index (Phi) is 2.78. The summed E-state index contributed by atoms with van der Waals surface area (Å²) in [5, 5.41) is 2.39. The van der Waals surface area contributed by atoms with Gasteiger partial charge in [-0.05, 0) is 63.8 Å². The molecule has 1 saturated heterocycles. The van der Waals surface area contributed by atoms with Crippen molar-refractivity contribution in [2.24, 2.45) is 0 Å². The molecule has 0 radical (unpaired) electrons. The third kappa shape index (κ3) is 2.06. The van der Waals surface area contributed by atoms with E-state index in [1.807, 2.05) is 24.3 Å². The number of benzene rings is 2. The molecule has 2 amide bonds. The quantitative estimate of drug-likeness (QED) is 0.690. The topological polar surface area (TPSA) is 37.4 Å². The molecule has 3 nitrogen and oxygen atoms in total. The fourth-order valence-electron chi connectivity index (χ4n) is 3.78. The van der Waals surface area contributed by atoms with E-state index in [2.05, 4.69) is 36.4 Å². The molecule has 0 spiro atoms. The molecule has 3 heteroatoms. The summed E-state index contributed by atoms with van der Waals surface area (Å²) >= 11 is 0. The second-order valence-corrected chi connectivity index (χ2v) is 6.73. The Balaban J connectivity index is 1.78. The van der Waals surface area contributed by atoms with E-state index >= 15 is 0 Å². The number of likely N-dealkylation sites (N-methyl/N-ethyl adjacent to an activating group) is 1. The van der Waals surface area contributed by atoms with Gasteiger partial charge in [-0.25, -0.2) is 0 Å². The molecule has 3 aliphatic rings. The van der Waals surface area contributed by atoms with Crippen LogP contribution in [0, 0.1) is 0 Å². The number of fused-ring (bicyclic) bond motifs is 5. The van der Waals surface area contributed by atoms with E-state index in [-0.39, 0.29) is 11.8 Å². The van der Waals surface area contributed by atoms with Crippen LogP contribution < -0.4 is 0 Å². The lowest BCUT2D eigenvalue weighted by Gasteiger charge is -2.05. The number of likely N-dealkylation sites (tertiary alicyclic amines) is 1. The molecule has 120 valence electrons. The minimum absolute atomic E-state index is 0.220. The summed E-state index contributed by atoms with van der Waals surface area (Å²) in [5.41, 5.74) is 5.40. The Morgan fingerprint density at radius 3 is 1.72 bits per heavy atom. The molecule has 0 atom stereocenters. The Labute approximate surface area is 145 Å². The maximum Gasteiger partial charge on any atom is 0.261 e. The highest BCUT2D eigenvalue weighted by atomic mass is 16.2. The Morgan fingerprint density at radius 2 is 1.24 bits per heavy atom. The number of hydrogen-bond donors (Lipinski definition) is 0. The summed E-state index contributed by atoms with van der Waals surface area (Å²) < 4.78 is 0. The van der Waals surface area contributed by atoms with E-state index in [0.29, 0.717) is 11.1 Å². The lowest BCUT2D eigenvalue weighted by Crippen LogP contribution is -2.24. The standard InChI is InChI=1S/C22H15NO2/c1-23-21(24)19-9-13-6-14(10-20(19)22(23)25)8-18-12-16-5-3-2-4-15(16)11-17(18)7-13/h2-5,7-12H,6H2,1H3. The van der Waals surface area contributed by atoms with Crippen LogP contribution in [0.25, 0.3) is 22.9 Å². The van der Waals surface area contributed by atoms with Crippen LogP contribution in [0.5, 0.6) is 0 Å². The molecule has 0 N–H and O–H groups in total. The first-order valence-electron chi connectivity index (χ1n) is 8.30. The van der Waals surface area contributed by atoms with Gasteiger partial charge in [0.15, 0.2) is 0 Å². The SMILES string of the molecule is CN1C(=O)C2=CC3=Cc4cc5ccccc5cc4C=C(C=C2C1=O)C3. The zero-order valence-electron chi connectivity index (χ0n) is 13.7. The van der Waals surface area contributed by atoms with Crippen LogP contribution in [0.2, 0.25) is 0 Å². The van der Waals surface area contributed by atoms with Gasteiger partial charge in [-0.1, -0.05) is 36.4 Å². The monoisotopic (exact) mass is 325 g/mol. The first kappa shape index (κ1) is 14.2. The molecule has 2 aliphatic carbocycles. The van der Waals surface area contributed by atoms with Crippen molar-refractivity contribution in [1.82, 2.24) is 4.90 Å². The maximum absolute atomic E-state index is 12.3. The van der Waals surface area contributed by atoms with Gasteiger partial charge in [-0.2, -0.15) is 0 Å².